The highest BCUT2D eigenvalue weighted by molar-refractivity contribution is 7.18. The first kappa shape index (κ1) is 16.2. The van der Waals surface area contributed by atoms with Crippen LogP contribution in [0.5, 0.6) is 0 Å². The molecule has 0 N–H and O–H groups in total. The van der Waals surface area contributed by atoms with Crippen molar-refractivity contribution in [2.75, 3.05) is 0 Å². The Morgan fingerprint density at radius 2 is 1.71 bits per heavy atom. The van der Waals surface area contributed by atoms with Gasteiger partial charge >= 0.3 is 0 Å². The number of benzene rings is 2. The van der Waals surface area contributed by atoms with E-state index in [0.717, 1.165) is 6.54 Å². The number of para-hydroxylation sites is 1. The molecule has 3 heteroatoms. The molecule has 1 aromatic heterocycles. The highest BCUT2D eigenvalue weighted by Crippen LogP contribution is 2.24. The molecule has 0 aliphatic carbocycles. The molecule has 1 nitrogen and oxygen atoms in total. The molecule has 21 heavy (non-hydrogen) atoms. The zero-order chi connectivity index (χ0) is 13.9. The van der Waals surface area contributed by atoms with Crippen LogP contribution >= 0.6 is 11.3 Å². The highest BCUT2D eigenvalue weighted by atomic mass is 127. The van der Waals surface area contributed by atoms with Gasteiger partial charge in [-0.1, -0.05) is 53.8 Å². The molecule has 0 saturated heterocycles. The van der Waals surface area contributed by atoms with Gasteiger partial charge in [0.25, 0.3) is 5.01 Å². The van der Waals surface area contributed by atoms with Crippen LogP contribution in [0.3, 0.4) is 0 Å². The molecule has 0 amide bonds. The van der Waals surface area contributed by atoms with E-state index in [1.54, 1.807) is 0 Å². The Balaban J connectivity index is 0.00000161. The SMILES string of the molecule is CC[n+]1c(C=C(C)c2ccccc2)sc2ccccc21.[I-]. The predicted octanol–water partition coefficient (Wildman–Crippen LogP) is 1.77. The summed E-state index contributed by atoms with van der Waals surface area (Å²) in [4.78, 5) is 0. The Morgan fingerprint density at radius 3 is 2.43 bits per heavy atom. The topological polar surface area (TPSA) is 3.88 Å². The van der Waals surface area contributed by atoms with Gasteiger partial charge in [-0.3, -0.25) is 0 Å². The minimum atomic E-state index is 0. The molecular weight excluding hydrogens is 389 g/mol. The summed E-state index contributed by atoms with van der Waals surface area (Å²) < 4.78 is 3.73. The maximum atomic E-state index is 2.38. The van der Waals surface area contributed by atoms with E-state index in [4.69, 9.17) is 0 Å². The fraction of sp³-hybridized carbons (Fsp3) is 0.167. The maximum absolute atomic E-state index is 2.38. The number of aryl methyl sites for hydroxylation is 1. The van der Waals surface area contributed by atoms with Crippen molar-refractivity contribution >= 4 is 33.2 Å². The van der Waals surface area contributed by atoms with Crippen LogP contribution in [0.4, 0.5) is 0 Å². The molecule has 0 spiro atoms. The number of fused-ring (bicyclic) bond motifs is 1. The molecule has 3 rings (SSSR count). The van der Waals surface area contributed by atoms with E-state index in [9.17, 15) is 0 Å². The number of hydrogen-bond donors (Lipinski definition) is 0. The zero-order valence-electron chi connectivity index (χ0n) is 12.2. The van der Waals surface area contributed by atoms with E-state index in [1.165, 1.54) is 26.4 Å². The number of rotatable bonds is 3. The number of thiazole rings is 1. The molecule has 108 valence electrons. The number of nitrogens with zero attached hydrogens (tertiary/aromatic N) is 1. The van der Waals surface area contributed by atoms with Crippen LogP contribution in [0.2, 0.25) is 0 Å². The van der Waals surface area contributed by atoms with Crippen molar-refractivity contribution < 1.29 is 28.5 Å². The van der Waals surface area contributed by atoms with Crippen molar-refractivity contribution in [2.24, 2.45) is 0 Å². The third-order valence-corrected chi connectivity index (χ3v) is 4.63. The van der Waals surface area contributed by atoms with E-state index < -0.39 is 0 Å². The Hall–Kier alpha value is -1.20. The molecule has 1 heterocycles. The van der Waals surface area contributed by atoms with E-state index >= 15 is 0 Å². The van der Waals surface area contributed by atoms with Crippen LogP contribution in [0.15, 0.2) is 54.6 Å². The molecule has 2 aromatic carbocycles. The van der Waals surface area contributed by atoms with Gasteiger partial charge in [0.1, 0.15) is 11.2 Å². The second-order valence-electron chi connectivity index (χ2n) is 4.85. The van der Waals surface area contributed by atoms with Gasteiger partial charge in [0.05, 0.1) is 0 Å². The van der Waals surface area contributed by atoms with E-state index in [2.05, 4.69) is 79.1 Å². The quantitative estimate of drug-likeness (QED) is 0.461. The first-order chi connectivity index (χ1) is 9.79. The second kappa shape index (κ2) is 7.18. The summed E-state index contributed by atoms with van der Waals surface area (Å²) in [6, 6.07) is 19.2. The summed E-state index contributed by atoms with van der Waals surface area (Å²) in [5, 5.41) is 1.31. The molecule has 0 radical (unpaired) electrons. The van der Waals surface area contributed by atoms with Crippen LogP contribution in [0, 0.1) is 0 Å². The standard InChI is InChI=1S/C18H18NS.HI/c1-3-19-16-11-7-8-12-17(16)20-18(19)13-14(2)15-9-5-4-6-10-15;/h4-13H,3H2,1-2H3;1H/q+1;/p-1. The van der Waals surface area contributed by atoms with Crippen LogP contribution in [-0.2, 0) is 6.54 Å². The summed E-state index contributed by atoms with van der Waals surface area (Å²) in [7, 11) is 0. The summed E-state index contributed by atoms with van der Waals surface area (Å²) in [6.07, 6.45) is 2.30. The van der Waals surface area contributed by atoms with Crippen molar-refractivity contribution in [1.29, 1.82) is 0 Å². The lowest BCUT2D eigenvalue weighted by atomic mass is 10.1. The van der Waals surface area contributed by atoms with Crippen LogP contribution in [-0.4, -0.2) is 0 Å². The van der Waals surface area contributed by atoms with Crippen molar-refractivity contribution in [3.8, 4) is 0 Å². The Bertz CT molecular complexity index is 759. The van der Waals surface area contributed by atoms with Crippen LogP contribution < -0.4 is 28.5 Å². The van der Waals surface area contributed by atoms with Crippen LogP contribution in [0.25, 0.3) is 21.9 Å². The van der Waals surface area contributed by atoms with Gasteiger partial charge in [0, 0.05) is 12.1 Å². The first-order valence-electron chi connectivity index (χ1n) is 6.94. The van der Waals surface area contributed by atoms with Gasteiger partial charge in [-0.15, -0.1) is 0 Å². The number of hydrogen-bond acceptors (Lipinski definition) is 1. The zero-order valence-corrected chi connectivity index (χ0v) is 15.2. The van der Waals surface area contributed by atoms with Gasteiger partial charge < -0.3 is 24.0 Å². The largest absolute Gasteiger partial charge is 1.00 e. The van der Waals surface area contributed by atoms with Crippen molar-refractivity contribution in [3.63, 3.8) is 0 Å². The monoisotopic (exact) mass is 407 g/mol. The molecule has 0 fully saturated rings. The second-order valence-corrected chi connectivity index (χ2v) is 5.91. The average molecular weight is 407 g/mol. The first-order valence-corrected chi connectivity index (χ1v) is 7.76. The molecule has 0 saturated carbocycles. The highest BCUT2D eigenvalue weighted by Gasteiger charge is 2.16. The summed E-state index contributed by atoms with van der Waals surface area (Å²) in [6.45, 7) is 5.38. The average Bonchev–Trinajstić information content (AvgIpc) is 2.85. The van der Waals surface area contributed by atoms with E-state index in [0.29, 0.717) is 0 Å². The van der Waals surface area contributed by atoms with Crippen molar-refractivity contribution in [1.82, 2.24) is 0 Å². The van der Waals surface area contributed by atoms with Crippen LogP contribution in [0.1, 0.15) is 24.4 Å². The van der Waals surface area contributed by atoms with Gasteiger partial charge in [-0.05, 0) is 31.1 Å². The van der Waals surface area contributed by atoms with E-state index in [-0.39, 0.29) is 24.0 Å². The molecule has 0 unspecified atom stereocenters. The molecule has 0 atom stereocenters. The minimum absolute atomic E-state index is 0. The summed E-state index contributed by atoms with van der Waals surface area (Å²) in [5.41, 5.74) is 3.92. The normalized spacial score (nSPS) is 11.4. The summed E-state index contributed by atoms with van der Waals surface area (Å²) in [5.74, 6) is 0. The third kappa shape index (κ3) is 3.35. The third-order valence-electron chi connectivity index (χ3n) is 3.52. The fourth-order valence-corrected chi connectivity index (χ4v) is 3.68. The molecule has 0 aliphatic rings. The van der Waals surface area contributed by atoms with Crippen molar-refractivity contribution in [2.45, 2.75) is 20.4 Å². The smallest absolute Gasteiger partial charge is 0.263 e. The summed E-state index contributed by atoms with van der Waals surface area (Å²) >= 11 is 1.86. The molecule has 0 aliphatic heterocycles. The molecule has 3 aromatic rings. The van der Waals surface area contributed by atoms with E-state index in [1.807, 2.05) is 11.3 Å². The maximum Gasteiger partial charge on any atom is 0.263 e. The Kier molecular flexibility index (Phi) is 5.53. The van der Waals surface area contributed by atoms with Gasteiger partial charge in [-0.2, -0.15) is 4.57 Å². The van der Waals surface area contributed by atoms with Gasteiger partial charge in [0.2, 0.25) is 5.52 Å². The fourth-order valence-electron chi connectivity index (χ4n) is 2.46. The minimum Gasteiger partial charge on any atom is -1.00 e. The van der Waals surface area contributed by atoms with Crippen molar-refractivity contribution in [3.05, 3.63) is 65.2 Å². The lowest BCUT2D eigenvalue weighted by Crippen LogP contribution is -3.00. The van der Waals surface area contributed by atoms with Gasteiger partial charge in [0.15, 0.2) is 0 Å². The molecule has 0 bridgehead atoms. The molecular formula is C18H18INS. The van der Waals surface area contributed by atoms with Gasteiger partial charge in [-0.25, -0.2) is 0 Å². The number of aromatic nitrogens is 1. The Morgan fingerprint density at radius 1 is 1.05 bits per heavy atom. The predicted molar refractivity (Wildman–Crippen MR) is 87.7 cm³/mol. The Labute approximate surface area is 147 Å². The number of halogens is 1. The number of allylic oxidation sites excluding steroid dienone is 1. The lowest BCUT2D eigenvalue weighted by Gasteiger charge is -1.99. The lowest BCUT2D eigenvalue weighted by molar-refractivity contribution is -0.665.